The minimum atomic E-state index is -1.19. The van der Waals surface area contributed by atoms with Gasteiger partial charge in [-0.25, -0.2) is 9.59 Å². The molecule has 1 saturated heterocycles. The number of carboxylic acids is 1. The van der Waals surface area contributed by atoms with E-state index in [0.717, 1.165) is 50.7 Å². The standard InChI is InChI=1S/C37H38N2O10S/c40-24-11-14-27-30(20-24)48-31-21-25(41)12-15-28(31)36(27)26-13-10-23(19-29(26)37(46)47)38-32(42)22-50-18-8-6-4-2-1-3-5-7-9-35(45)49-39-33(43)16-17-34(39)44/h10-15,19-21,40H,1-9,16-18,22H2,(H,38,42)(H,46,47). The molecule has 0 saturated carbocycles. The number of benzene rings is 3. The summed E-state index contributed by atoms with van der Waals surface area (Å²) in [5.41, 5.74) is 1.75. The quantitative estimate of drug-likeness (QED) is 0.0601. The number of anilines is 1. The van der Waals surface area contributed by atoms with Crippen LogP contribution in [0, 0.1) is 0 Å². The van der Waals surface area contributed by atoms with E-state index >= 15 is 0 Å². The third-order valence-electron chi connectivity index (χ3n) is 8.33. The number of unbranched alkanes of at least 4 members (excludes halogenated alkanes) is 7. The number of phenolic OH excluding ortho intramolecular Hbond substituents is 1. The number of carboxylic acid groups (broad SMARTS) is 1. The van der Waals surface area contributed by atoms with E-state index in [0.29, 0.717) is 39.2 Å². The van der Waals surface area contributed by atoms with Crippen LogP contribution in [0.15, 0.2) is 63.8 Å². The minimum Gasteiger partial charge on any atom is -0.508 e. The Labute approximate surface area is 292 Å². The number of fused-ring (bicyclic) bond motifs is 2. The van der Waals surface area contributed by atoms with Gasteiger partial charge in [-0.2, -0.15) is 11.8 Å². The van der Waals surface area contributed by atoms with Gasteiger partial charge < -0.3 is 24.8 Å². The Hall–Kier alpha value is -5.17. The molecule has 0 spiro atoms. The number of aromatic hydroxyl groups is 1. The number of amides is 3. The van der Waals surface area contributed by atoms with E-state index in [1.807, 2.05) is 0 Å². The van der Waals surface area contributed by atoms with Crippen LogP contribution in [-0.4, -0.2) is 56.4 Å². The van der Waals surface area contributed by atoms with Crippen LogP contribution in [0.2, 0.25) is 0 Å². The summed E-state index contributed by atoms with van der Waals surface area (Å²) >= 11 is 1.51. The summed E-state index contributed by atoms with van der Waals surface area (Å²) in [6, 6.07) is 13.5. The first-order chi connectivity index (χ1) is 24.1. The van der Waals surface area contributed by atoms with E-state index < -0.39 is 23.8 Å². The monoisotopic (exact) mass is 702 g/mol. The Balaban J connectivity index is 1.03. The molecule has 3 N–H and O–H groups in total. The Kier molecular flexibility index (Phi) is 12.3. The summed E-state index contributed by atoms with van der Waals surface area (Å²) in [5, 5.41) is 24.1. The first-order valence-corrected chi connectivity index (χ1v) is 17.8. The summed E-state index contributed by atoms with van der Waals surface area (Å²) in [7, 11) is 0. The molecule has 13 heteroatoms. The highest BCUT2D eigenvalue weighted by molar-refractivity contribution is 7.99. The molecule has 0 unspecified atom stereocenters. The number of nitrogens with one attached hydrogen (secondary N) is 1. The van der Waals surface area contributed by atoms with Gasteiger partial charge in [0, 0.05) is 53.6 Å². The number of hydrogen-bond acceptors (Lipinski definition) is 10. The number of aromatic carboxylic acids is 1. The first-order valence-electron chi connectivity index (χ1n) is 16.6. The third kappa shape index (κ3) is 9.29. The molecule has 3 amide bonds. The van der Waals surface area contributed by atoms with Crippen molar-refractivity contribution in [1.29, 1.82) is 0 Å². The van der Waals surface area contributed by atoms with Crippen molar-refractivity contribution in [3.8, 4) is 28.2 Å². The highest BCUT2D eigenvalue weighted by Crippen LogP contribution is 2.42. The highest BCUT2D eigenvalue weighted by Gasteiger charge is 2.32. The predicted octanol–water partition coefficient (Wildman–Crippen LogP) is 6.76. The van der Waals surface area contributed by atoms with Crippen LogP contribution < -0.4 is 10.7 Å². The topological polar surface area (TPSA) is 181 Å². The van der Waals surface area contributed by atoms with Crippen molar-refractivity contribution in [3.05, 3.63) is 70.4 Å². The molecule has 0 atom stereocenters. The second-order valence-electron chi connectivity index (χ2n) is 12.1. The number of imide groups is 1. The number of hydroxylamine groups is 2. The maximum Gasteiger partial charge on any atom is 0.336 e. The lowest BCUT2D eigenvalue weighted by Gasteiger charge is -2.17. The highest BCUT2D eigenvalue weighted by atomic mass is 32.2. The van der Waals surface area contributed by atoms with Crippen molar-refractivity contribution >= 4 is 58.1 Å². The van der Waals surface area contributed by atoms with Gasteiger partial charge in [-0.1, -0.05) is 44.6 Å². The number of nitrogens with zero attached hydrogens (tertiary/aromatic N) is 1. The minimum absolute atomic E-state index is 0.0412. The number of rotatable bonds is 17. The largest absolute Gasteiger partial charge is 0.508 e. The smallest absolute Gasteiger partial charge is 0.336 e. The van der Waals surface area contributed by atoms with Crippen molar-refractivity contribution in [2.75, 3.05) is 16.8 Å². The van der Waals surface area contributed by atoms with E-state index in [9.17, 15) is 39.0 Å². The van der Waals surface area contributed by atoms with Gasteiger partial charge in [-0.15, -0.1) is 5.06 Å². The molecule has 12 nitrogen and oxygen atoms in total. The molecule has 2 aromatic carbocycles. The van der Waals surface area contributed by atoms with Gasteiger partial charge in [-0.05, 0) is 60.6 Å². The lowest BCUT2D eigenvalue weighted by atomic mass is 9.90. The van der Waals surface area contributed by atoms with E-state index in [1.165, 1.54) is 42.1 Å². The normalized spacial score (nSPS) is 12.9. The van der Waals surface area contributed by atoms with E-state index in [2.05, 4.69) is 5.32 Å². The Morgan fingerprint density at radius 1 is 0.820 bits per heavy atom. The molecule has 262 valence electrons. The summed E-state index contributed by atoms with van der Waals surface area (Å²) in [5.74, 6) is -1.69. The first kappa shape index (κ1) is 36.1. The average molecular weight is 703 g/mol. The lowest BCUT2D eigenvalue weighted by Crippen LogP contribution is -2.31. The summed E-state index contributed by atoms with van der Waals surface area (Å²) < 4.78 is 5.87. The van der Waals surface area contributed by atoms with Gasteiger partial charge in [0.2, 0.25) is 5.91 Å². The average Bonchev–Trinajstić information content (AvgIpc) is 3.39. The molecule has 50 heavy (non-hydrogen) atoms. The Bertz CT molecular complexity index is 1920. The van der Waals surface area contributed by atoms with Crippen LogP contribution in [0.4, 0.5) is 5.69 Å². The van der Waals surface area contributed by atoms with Crippen molar-refractivity contribution in [2.45, 2.75) is 70.6 Å². The van der Waals surface area contributed by atoms with Crippen molar-refractivity contribution < 1.29 is 43.4 Å². The fourth-order valence-electron chi connectivity index (χ4n) is 5.87. The van der Waals surface area contributed by atoms with E-state index in [1.54, 1.807) is 24.3 Å². The van der Waals surface area contributed by atoms with Gasteiger partial charge in [0.1, 0.15) is 17.1 Å². The molecule has 0 radical (unpaired) electrons. The van der Waals surface area contributed by atoms with Gasteiger partial charge in [0.25, 0.3) is 11.8 Å². The van der Waals surface area contributed by atoms with Crippen LogP contribution in [0.5, 0.6) is 5.75 Å². The summed E-state index contributed by atoms with van der Waals surface area (Å²) in [6.07, 6.45) is 8.01. The number of hydrogen-bond donors (Lipinski definition) is 3. The number of carbonyl (C=O) groups is 5. The molecule has 2 heterocycles. The number of thioether (sulfide) groups is 1. The van der Waals surface area contributed by atoms with E-state index in [-0.39, 0.29) is 59.0 Å². The second-order valence-corrected chi connectivity index (χ2v) is 13.2. The molecule has 1 fully saturated rings. The molecule has 1 aliphatic carbocycles. The van der Waals surface area contributed by atoms with Crippen LogP contribution in [0.3, 0.4) is 0 Å². The molecular formula is C37H38N2O10S. The summed E-state index contributed by atoms with van der Waals surface area (Å²) in [4.78, 5) is 76.9. The Morgan fingerprint density at radius 2 is 1.50 bits per heavy atom. The van der Waals surface area contributed by atoms with Crippen molar-refractivity contribution in [2.24, 2.45) is 0 Å². The van der Waals surface area contributed by atoms with Gasteiger partial charge in [-0.3, -0.25) is 19.2 Å². The lowest BCUT2D eigenvalue weighted by molar-refractivity contribution is -0.197. The molecule has 0 bridgehead atoms. The zero-order valence-electron chi connectivity index (χ0n) is 27.4. The second kappa shape index (κ2) is 17.0. The number of phenols is 1. The maximum atomic E-state index is 12.7. The molecule has 2 aliphatic heterocycles. The van der Waals surface area contributed by atoms with Gasteiger partial charge in [0.15, 0.2) is 5.43 Å². The molecule has 5 rings (SSSR count). The van der Waals surface area contributed by atoms with Crippen LogP contribution in [0.25, 0.3) is 33.4 Å². The molecule has 2 aromatic rings. The SMILES string of the molecule is O=C(CSCCCCCCCCCCC(=O)ON1C(=O)CCC1=O)Nc1ccc(-c2c3ccc(=O)cc-3oc3cc(O)ccc23)c(C(=O)O)c1. The molecule has 0 aromatic heterocycles. The van der Waals surface area contributed by atoms with Gasteiger partial charge in [0.05, 0.1) is 11.3 Å². The van der Waals surface area contributed by atoms with Crippen LogP contribution in [0.1, 0.15) is 81.0 Å². The predicted molar refractivity (Wildman–Crippen MR) is 188 cm³/mol. The number of carbonyl (C=O) groups excluding carboxylic acids is 4. The maximum absolute atomic E-state index is 12.7. The Morgan fingerprint density at radius 3 is 2.22 bits per heavy atom. The third-order valence-corrected chi connectivity index (χ3v) is 9.38. The van der Waals surface area contributed by atoms with E-state index in [4.69, 9.17) is 9.25 Å². The van der Waals surface area contributed by atoms with Gasteiger partial charge >= 0.3 is 11.9 Å². The van der Waals surface area contributed by atoms with Crippen molar-refractivity contribution in [1.82, 2.24) is 5.06 Å². The molecule has 3 aliphatic rings. The zero-order chi connectivity index (χ0) is 35.6. The fraction of sp³-hybridized carbons (Fsp3) is 0.351. The zero-order valence-corrected chi connectivity index (χ0v) is 28.2. The van der Waals surface area contributed by atoms with Crippen molar-refractivity contribution in [3.63, 3.8) is 0 Å². The summed E-state index contributed by atoms with van der Waals surface area (Å²) in [6.45, 7) is 0. The van der Waals surface area contributed by atoms with Crippen LogP contribution >= 0.6 is 11.8 Å². The fourth-order valence-corrected chi connectivity index (χ4v) is 6.68. The van der Waals surface area contributed by atoms with Crippen LogP contribution in [-0.2, 0) is 24.0 Å². The molecular weight excluding hydrogens is 664 g/mol.